The Bertz CT molecular complexity index is 71.6. The van der Waals surface area contributed by atoms with E-state index in [4.69, 9.17) is 19.2 Å². The summed E-state index contributed by atoms with van der Waals surface area (Å²) in [6.45, 7) is 5.50. The molecule has 0 bridgehead atoms. The predicted molar refractivity (Wildman–Crippen MR) is 29.9 cm³/mol. The Hall–Kier alpha value is 0.733. The van der Waals surface area contributed by atoms with E-state index in [1.54, 1.807) is 0 Å². The van der Waals surface area contributed by atoms with Crippen LogP contribution in [0.2, 0.25) is 0 Å². The van der Waals surface area contributed by atoms with Crippen LogP contribution in [-0.4, -0.2) is 14.7 Å². The average Bonchev–Trinajstić information content (AvgIpc) is 1.27. The van der Waals surface area contributed by atoms with E-state index in [1.165, 1.54) is 0 Å². The first kappa shape index (κ1) is 16.4. The zero-order valence-electron chi connectivity index (χ0n) is 5.32. The molecule has 0 rings (SSSR count). The van der Waals surface area contributed by atoms with Gasteiger partial charge >= 0.3 is 7.82 Å². The maximum Gasteiger partial charge on any atom is 0.466 e. The molecule has 54 valence electrons. The van der Waals surface area contributed by atoms with Crippen LogP contribution in [0.3, 0.4) is 0 Å². The van der Waals surface area contributed by atoms with Gasteiger partial charge in [0, 0.05) is 19.5 Å². The topological polar surface area (TPSA) is 77.8 Å². The molecule has 0 radical (unpaired) electrons. The minimum atomic E-state index is -4.64. The molecule has 0 unspecified atom stereocenters. The molecule has 0 aromatic heterocycles. The van der Waals surface area contributed by atoms with Gasteiger partial charge in [0.25, 0.3) is 0 Å². The van der Waals surface area contributed by atoms with E-state index in [0.29, 0.717) is 0 Å². The number of hydrogen-bond donors (Lipinski definition) is 3. The molecule has 0 amide bonds. The maximum absolute atomic E-state index is 8.88. The van der Waals surface area contributed by atoms with Crippen LogP contribution < -0.4 is 0 Å². The summed E-state index contributed by atoms with van der Waals surface area (Å²) in [5, 5.41) is 0. The van der Waals surface area contributed by atoms with Gasteiger partial charge in [-0.15, -0.1) is 0 Å². The Morgan fingerprint density at radius 2 is 1.44 bits per heavy atom. The van der Waals surface area contributed by atoms with Crippen LogP contribution >= 0.6 is 7.82 Å². The molecule has 0 atom stereocenters. The molecule has 0 aliphatic heterocycles. The summed E-state index contributed by atoms with van der Waals surface area (Å²) in [6, 6.07) is 0. The third-order valence-corrected chi connectivity index (χ3v) is 0. The molecule has 0 saturated carbocycles. The summed E-state index contributed by atoms with van der Waals surface area (Å²) >= 11 is 0. The van der Waals surface area contributed by atoms with Crippen molar-refractivity contribution in [3.8, 4) is 0 Å². The fraction of sp³-hybridized carbons (Fsp3) is 0.667. The molecule has 0 aromatic rings. The van der Waals surface area contributed by atoms with Crippen molar-refractivity contribution in [2.24, 2.45) is 0 Å². The maximum atomic E-state index is 8.88. The summed E-state index contributed by atoms with van der Waals surface area (Å²) in [7, 11) is -4.64. The van der Waals surface area contributed by atoms with Crippen molar-refractivity contribution >= 4 is 7.82 Å². The van der Waals surface area contributed by atoms with E-state index in [2.05, 4.69) is 6.92 Å². The second-order valence-corrected chi connectivity index (χ2v) is 2.04. The van der Waals surface area contributed by atoms with E-state index in [9.17, 15) is 0 Å². The SMILES string of the molecule is O=P(O)(O)O.[CH2-]CC.[Zn]. The Kier molecular flexibility index (Phi) is 15.9. The molecule has 0 heterocycles. The quantitative estimate of drug-likeness (QED) is 0.303. The van der Waals surface area contributed by atoms with Crippen LogP contribution in [0.4, 0.5) is 0 Å². The van der Waals surface area contributed by atoms with Crippen LogP contribution in [0.5, 0.6) is 0 Å². The van der Waals surface area contributed by atoms with Crippen molar-refractivity contribution < 1.29 is 38.7 Å². The molecule has 0 spiro atoms. The smallest absolute Gasteiger partial charge is 0.344 e. The summed E-state index contributed by atoms with van der Waals surface area (Å²) in [4.78, 5) is 21.6. The van der Waals surface area contributed by atoms with Gasteiger partial charge in [-0.2, -0.15) is 6.42 Å². The van der Waals surface area contributed by atoms with Crippen molar-refractivity contribution in [1.29, 1.82) is 0 Å². The van der Waals surface area contributed by atoms with Crippen molar-refractivity contribution in [3.05, 3.63) is 6.92 Å². The monoisotopic (exact) mass is 205 g/mol. The van der Waals surface area contributed by atoms with E-state index in [1.807, 2.05) is 6.92 Å². The summed E-state index contributed by atoms with van der Waals surface area (Å²) in [5.41, 5.74) is 0. The second-order valence-electron chi connectivity index (χ2n) is 1.01. The largest absolute Gasteiger partial charge is 0.466 e. The Morgan fingerprint density at radius 1 is 1.44 bits per heavy atom. The first-order valence-electron chi connectivity index (χ1n) is 1.99. The van der Waals surface area contributed by atoms with Gasteiger partial charge in [-0.3, -0.25) is 0 Å². The summed E-state index contributed by atoms with van der Waals surface area (Å²) in [5.74, 6) is 0. The van der Waals surface area contributed by atoms with Crippen LogP contribution in [0.15, 0.2) is 0 Å². The first-order chi connectivity index (χ1) is 3.41. The molecule has 0 aliphatic carbocycles. The fourth-order valence-electron chi connectivity index (χ4n) is 0. The van der Waals surface area contributed by atoms with E-state index in [-0.39, 0.29) is 19.5 Å². The van der Waals surface area contributed by atoms with E-state index >= 15 is 0 Å². The molecule has 0 aromatic carbocycles. The van der Waals surface area contributed by atoms with Crippen molar-refractivity contribution in [3.63, 3.8) is 0 Å². The normalized spacial score (nSPS) is 8.56. The van der Waals surface area contributed by atoms with Crippen molar-refractivity contribution in [2.75, 3.05) is 0 Å². The molecule has 3 N–H and O–H groups in total. The third kappa shape index (κ3) is 736. The predicted octanol–water partition coefficient (Wildman–Crippen LogP) is 0.299. The van der Waals surface area contributed by atoms with Crippen LogP contribution in [0.25, 0.3) is 0 Å². The third-order valence-electron chi connectivity index (χ3n) is 0. The van der Waals surface area contributed by atoms with Crippen LogP contribution in [-0.2, 0) is 24.0 Å². The Labute approximate surface area is 67.3 Å². The van der Waals surface area contributed by atoms with Gasteiger partial charge in [-0.25, -0.2) is 4.57 Å². The molecule has 9 heavy (non-hydrogen) atoms. The van der Waals surface area contributed by atoms with E-state index in [0.717, 1.165) is 6.42 Å². The van der Waals surface area contributed by atoms with Gasteiger partial charge in [-0.1, -0.05) is 6.92 Å². The fourth-order valence-corrected chi connectivity index (χ4v) is 0. The van der Waals surface area contributed by atoms with Gasteiger partial charge in [0.2, 0.25) is 0 Å². The van der Waals surface area contributed by atoms with Gasteiger partial charge in [-0.05, 0) is 0 Å². The zero-order valence-corrected chi connectivity index (χ0v) is 9.18. The molecule has 0 aliphatic rings. The minimum Gasteiger partial charge on any atom is -0.344 e. The van der Waals surface area contributed by atoms with Gasteiger partial charge in [0.15, 0.2) is 0 Å². The molecule has 6 heteroatoms. The van der Waals surface area contributed by atoms with Crippen LogP contribution in [0, 0.1) is 6.92 Å². The minimum absolute atomic E-state index is 0. The van der Waals surface area contributed by atoms with Gasteiger partial charge in [0.1, 0.15) is 0 Å². The number of phosphoric acid groups is 1. The summed E-state index contributed by atoms with van der Waals surface area (Å²) < 4.78 is 8.88. The van der Waals surface area contributed by atoms with Gasteiger partial charge < -0.3 is 21.6 Å². The van der Waals surface area contributed by atoms with Crippen molar-refractivity contribution in [1.82, 2.24) is 0 Å². The number of rotatable bonds is 0. The number of hydrogen-bond acceptors (Lipinski definition) is 1. The van der Waals surface area contributed by atoms with E-state index < -0.39 is 7.82 Å². The second kappa shape index (κ2) is 8.73. The van der Waals surface area contributed by atoms with Crippen LogP contribution in [0.1, 0.15) is 13.3 Å². The zero-order chi connectivity index (χ0) is 7.21. The van der Waals surface area contributed by atoms with Crippen molar-refractivity contribution in [2.45, 2.75) is 13.3 Å². The molecular formula is C3H10O4PZn-. The Morgan fingerprint density at radius 3 is 1.44 bits per heavy atom. The molecular weight excluding hydrogens is 196 g/mol. The van der Waals surface area contributed by atoms with Gasteiger partial charge in [0.05, 0.1) is 0 Å². The standard InChI is InChI=1S/C3H7.H3O4P.Zn/c1-3-2;1-5(2,3)4;/h1,3H2,2H3;(H3,1,2,3,4);/q-1;;. The summed E-state index contributed by atoms with van der Waals surface area (Å²) in [6.07, 6.45) is 1.00. The average molecular weight is 206 g/mol. The Balaban J connectivity index is -0.0000000800. The molecule has 4 nitrogen and oxygen atoms in total. The molecule has 0 saturated heterocycles. The first-order valence-corrected chi connectivity index (χ1v) is 3.55. The molecule has 0 fully saturated rings.